The Hall–Kier alpha value is -1.57. The zero-order valence-electron chi connectivity index (χ0n) is 13.3. The Kier molecular flexibility index (Phi) is 7.74. The third-order valence-electron chi connectivity index (χ3n) is 3.43. The molecule has 0 aliphatic heterocycles. The van der Waals surface area contributed by atoms with Crippen molar-refractivity contribution < 1.29 is 14.0 Å². The summed E-state index contributed by atoms with van der Waals surface area (Å²) in [4.78, 5) is 23.8. The summed E-state index contributed by atoms with van der Waals surface area (Å²) in [5.74, 6) is -0.901. The van der Waals surface area contributed by atoms with Crippen LogP contribution in [0.3, 0.4) is 0 Å². The molecule has 0 radical (unpaired) electrons. The number of hydrazine groups is 1. The minimum Gasteiger partial charge on any atom is -0.298 e. The first kappa shape index (κ1) is 19.8. The number of rotatable bonds is 7. The monoisotopic (exact) mass is 470 g/mol. The predicted octanol–water partition coefficient (Wildman–Crippen LogP) is 4.03. The number of ketones is 1. The van der Waals surface area contributed by atoms with Crippen molar-refractivity contribution in [1.29, 1.82) is 0 Å². The average Bonchev–Trinajstić information content (AvgIpc) is 2.70. The third kappa shape index (κ3) is 7.05. The quantitative estimate of drug-likeness (QED) is 0.590. The largest absolute Gasteiger partial charge is 0.298 e. The molecule has 25 heavy (non-hydrogen) atoms. The second-order valence-electron chi connectivity index (χ2n) is 5.47. The van der Waals surface area contributed by atoms with Crippen LogP contribution in [0.1, 0.15) is 18.4 Å². The van der Waals surface area contributed by atoms with Gasteiger partial charge in [0.1, 0.15) is 5.83 Å². The number of Topliss-reactive ketones (excluding diaryl/α,β-unsaturated/α-hetero) is 1. The van der Waals surface area contributed by atoms with Gasteiger partial charge >= 0.3 is 0 Å². The van der Waals surface area contributed by atoms with E-state index in [4.69, 9.17) is 0 Å². The van der Waals surface area contributed by atoms with E-state index in [-0.39, 0.29) is 25.2 Å². The maximum absolute atomic E-state index is 13.9. The van der Waals surface area contributed by atoms with Crippen molar-refractivity contribution in [1.82, 2.24) is 10.9 Å². The van der Waals surface area contributed by atoms with Crippen LogP contribution in [0, 0.1) is 0 Å². The number of nitrogens with one attached hydrogen (secondary N) is 2. The van der Waals surface area contributed by atoms with Crippen molar-refractivity contribution in [2.45, 2.75) is 19.3 Å². The average molecular weight is 472 g/mol. The molecule has 0 bridgehead atoms. The highest BCUT2D eigenvalue weighted by Gasteiger charge is 2.12. The van der Waals surface area contributed by atoms with Gasteiger partial charge < -0.3 is 0 Å². The fraction of sp³-hybridized carbons (Fsp3) is 0.222. The SMILES string of the molecule is O=C(CNNC(=O)CC1=CCC=C(Br)C=C1F)Cc1ccc(Br)cc1. The van der Waals surface area contributed by atoms with E-state index in [0.29, 0.717) is 16.5 Å². The first-order valence-electron chi connectivity index (χ1n) is 7.64. The molecule has 1 aromatic rings. The molecule has 1 aromatic carbocycles. The van der Waals surface area contributed by atoms with Gasteiger partial charge in [-0.05, 0) is 35.8 Å². The molecule has 0 spiro atoms. The van der Waals surface area contributed by atoms with Crippen molar-refractivity contribution in [3.05, 3.63) is 68.4 Å². The van der Waals surface area contributed by atoms with Crippen LogP contribution in [-0.4, -0.2) is 18.2 Å². The van der Waals surface area contributed by atoms with Gasteiger partial charge in [0.15, 0.2) is 5.78 Å². The summed E-state index contributed by atoms with van der Waals surface area (Å²) in [6.07, 6.45) is 5.54. The van der Waals surface area contributed by atoms with Crippen molar-refractivity contribution >= 4 is 43.6 Å². The minimum atomic E-state index is -0.443. The highest BCUT2D eigenvalue weighted by atomic mass is 79.9. The van der Waals surface area contributed by atoms with Crippen LogP contribution in [0.2, 0.25) is 0 Å². The second kappa shape index (κ2) is 9.79. The van der Waals surface area contributed by atoms with Gasteiger partial charge in [0.05, 0.1) is 13.0 Å². The van der Waals surface area contributed by atoms with Gasteiger partial charge in [0.2, 0.25) is 5.91 Å². The van der Waals surface area contributed by atoms with Crippen LogP contribution >= 0.6 is 31.9 Å². The zero-order chi connectivity index (χ0) is 18.2. The van der Waals surface area contributed by atoms with E-state index >= 15 is 0 Å². The summed E-state index contributed by atoms with van der Waals surface area (Å²) in [5.41, 5.74) is 6.25. The molecule has 0 unspecified atom stereocenters. The maximum atomic E-state index is 13.9. The zero-order valence-corrected chi connectivity index (χ0v) is 16.5. The van der Waals surface area contributed by atoms with E-state index in [1.807, 2.05) is 30.3 Å². The van der Waals surface area contributed by atoms with Crippen LogP contribution in [0.4, 0.5) is 4.39 Å². The number of hydrogen-bond donors (Lipinski definition) is 2. The third-order valence-corrected chi connectivity index (χ3v) is 4.51. The molecule has 0 saturated carbocycles. The Morgan fingerprint density at radius 1 is 1.08 bits per heavy atom. The molecule has 2 rings (SSSR count). The lowest BCUT2D eigenvalue weighted by Gasteiger charge is -2.08. The number of benzene rings is 1. The van der Waals surface area contributed by atoms with E-state index in [2.05, 4.69) is 42.7 Å². The molecular weight excluding hydrogens is 455 g/mol. The Bertz CT molecular complexity index is 740. The first-order valence-corrected chi connectivity index (χ1v) is 9.23. The van der Waals surface area contributed by atoms with Crippen molar-refractivity contribution in [2.24, 2.45) is 0 Å². The number of carbonyl (C=O) groups is 2. The number of hydrogen-bond acceptors (Lipinski definition) is 3. The molecule has 0 atom stereocenters. The van der Waals surface area contributed by atoms with Crippen molar-refractivity contribution in [3.8, 4) is 0 Å². The molecule has 7 heteroatoms. The Balaban J connectivity index is 1.73. The minimum absolute atomic E-state index is 0.00623. The van der Waals surface area contributed by atoms with Crippen LogP contribution in [0.25, 0.3) is 0 Å². The summed E-state index contributed by atoms with van der Waals surface area (Å²) in [5, 5.41) is 0. The second-order valence-corrected chi connectivity index (χ2v) is 7.30. The normalized spacial score (nSPS) is 14.1. The highest BCUT2D eigenvalue weighted by molar-refractivity contribution is 9.12. The summed E-state index contributed by atoms with van der Waals surface area (Å²) in [7, 11) is 0. The summed E-state index contributed by atoms with van der Waals surface area (Å²) in [6, 6.07) is 7.46. The molecule has 0 heterocycles. The maximum Gasteiger partial charge on any atom is 0.238 e. The molecule has 0 fully saturated rings. The Morgan fingerprint density at radius 2 is 1.80 bits per heavy atom. The highest BCUT2D eigenvalue weighted by Crippen LogP contribution is 2.24. The van der Waals surface area contributed by atoms with Gasteiger partial charge in [-0.15, -0.1) is 0 Å². The van der Waals surface area contributed by atoms with Crippen LogP contribution < -0.4 is 10.9 Å². The predicted molar refractivity (Wildman–Crippen MR) is 103 cm³/mol. The first-order chi connectivity index (χ1) is 11.9. The van der Waals surface area contributed by atoms with E-state index in [1.54, 1.807) is 6.08 Å². The molecule has 0 aromatic heterocycles. The lowest BCUT2D eigenvalue weighted by atomic mass is 10.1. The number of amides is 1. The van der Waals surface area contributed by atoms with E-state index in [9.17, 15) is 14.0 Å². The Labute approximate surface area is 162 Å². The van der Waals surface area contributed by atoms with Crippen molar-refractivity contribution in [3.63, 3.8) is 0 Å². The standard InChI is InChI=1S/C18H17Br2FN2O2/c19-14-6-4-12(5-7-14)8-16(24)11-22-23-18(25)9-13-2-1-3-15(20)10-17(13)21/h2-7,10,22H,1,8-9,11H2,(H,23,25). The molecule has 132 valence electrons. The number of halogens is 3. The van der Waals surface area contributed by atoms with Gasteiger partial charge in [0, 0.05) is 15.4 Å². The van der Waals surface area contributed by atoms with E-state index in [0.717, 1.165) is 10.0 Å². The fourth-order valence-electron chi connectivity index (χ4n) is 2.19. The molecular formula is C18H17Br2FN2O2. The molecule has 1 aliphatic carbocycles. The topological polar surface area (TPSA) is 58.2 Å². The van der Waals surface area contributed by atoms with Crippen molar-refractivity contribution in [2.75, 3.05) is 6.54 Å². The smallest absolute Gasteiger partial charge is 0.238 e. The molecule has 1 aliphatic rings. The summed E-state index contributed by atoms with van der Waals surface area (Å²) < 4.78 is 15.5. The van der Waals surface area contributed by atoms with Gasteiger partial charge in [-0.25, -0.2) is 9.82 Å². The van der Waals surface area contributed by atoms with Gasteiger partial charge in [-0.1, -0.05) is 56.1 Å². The van der Waals surface area contributed by atoms with E-state index < -0.39 is 11.7 Å². The molecule has 2 N–H and O–H groups in total. The van der Waals surface area contributed by atoms with Crippen LogP contribution in [0.15, 0.2) is 62.8 Å². The molecule has 1 amide bonds. The van der Waals surface area contributed by atoms with Gasteiger partial charge in [0.25, 0.3) is 0 Å². The number of allylic oxidation sites excluding steroid dienone is 5. The summed E-state index contributed by atoms with van der Waals surface area (Å²) in [6.45, 7) is 0.00623. The fourth-order valence-corrected chi connectivity index (χ4v) is 2.84. The summed E-state index contributed by atoms with van der Waals surface area (Å²) >= 11 is 6.56. The lowest BCUT2D eigenvalue weighted by molar-refractivity contribution is -0.122. The Morgan fingerprint density at radius 3 is 2.52 bits per heavy atom. The molecule has 4 nitrogen and oxygen atoms in total. The van der Waals surface area contributed by atoms with Gasteiger partial charge in [-0.2, -0.15) is 0 Å². The van der Waals surface area contributed by atoms with Crippen LogP contribution in [-0.2, 0) is 16.0 Å². The lowest BCUT2D eigenvalue weighted by Crippen LogP contribution is -2.40. The molecule has 0 saturated heterocycles. The van der Waals surface area contributed by atoms with E-state index in [1.165, 1.54) is 6.08 Å². The van der Waals surface area contributed by atoms with Gasteiger partial charge in [-0.3, -0.25) is 15.0 Å². The van der Waals surface area contributed by atoms with Crippen LogP contribution in [0.5, 0.6) is 0 Å². The number of carbonyl (C=O) groups excluding carboxylic acids is 2.